The third kappa shape index (κ3) is 5.37. The van der Waals surface area contributed by atoms with Gasteiger partial charge in [0.2, 0.25) is 0 Å². The first-order valence-corrected chi connectivity index (χ1v) is 12.1. The normalized spacial score (nSPS) is 12.4. The Kier molecular flexibility index (Phi) is 8.05. The minimum Gasteiger partial charge on any atom is -0.481 e. The average molecular weight is 541 g/mol. The minimum atomic E-state index is -0.999. The topological polar surface area (TPSA) is 122 Å². The molecule has 4 rings (SSSR count). The van der Waals surface area contributed by atoms with Gasteiger partial charge in [-0.25, -0.2) is 18.6 Å². The van der Waals surface area contributed by atoms with Crippen LogP contribution in [0.3, 0.4) is 0 Å². The fraction of sp³-hybridized carbons (Fsp3) is 0.231. The van der Waals surface area contributed by atoms with Crippen LogP contribution in [0.1, 0.15) is 18.9 Å². The molecule has 0 bridgehead atoms. The third-order valence-corrected chi connectivity index (χ3v) is 6.08. The molecule has 2 aromatic carbocycles. The summed E-state index contributed by atoms with van der Waals surface area (Å²) in [5.41, 5.74) is 0.736. The molecule has 9 nitrogen and oxygen atoms in total. The van der Waals surface area contributed by atoms with E-state index >= 15 is 8.78 Å². The van der Waals surface area contributed by atoms with Crippen LogP contribution in [0.25, 0.3) is 11.1 Å². The number of carboxylic acids is 1. The first-order chi connectivity index (χ1) is 18.2. The van der Waals surface area contributed by atoms with Crippen LogP contribution in [-0.2, 0) is 4.79 Å². The second-order valence-electron chi connectivity index (χ2n) is 8.34. The Hall–Kier alpha value is -4.27. The molecule has 0 spiro atoms. The number of carboxylic acid groups (broad SMARTS) is 1. The molecule has 0 atom stereocenters. The number of fused-ring (bicyclic) bond motifs is 3. The van der Waals surface area contributed by atoms with Crippen molar-refractivity contribution in [2.24, 2.45) is 0 Å². The van der Waals surface area contributed by atoms with Gasteiger partial charge in [-0.05, 0) is 37.3 Å². The van der Waals surface area contributed by atoms with Crippen LogP contribution in [0.5, 0.6) is 0 Å². The summed E-state index contributed by atoms with van der Waals surface area (Å²) in [5.74, 6) is -2.66. The number of hydrogen-bond donors (Lipinski definition) is 3. The number of carbonyl (C=O) groups is 2. The standard InChI is InChI=1S/C26H23ClF2N6O3/c1-2-34-25-19(10-16(27)14-33-25)18-4-3-15(13-30)9-22(18)35(26(34)38)24-20(28)11-17(12-21(24)29)32-8-7-31-6-5-23(36)37/h3-4,9-12,14,31-32H,2,5-8H2,1H3,(H,36,37). The summed E-state index contributed by atoms with van der Waals surface area (Å²) >= 11 is 6.20. The number of amides is 2. The van der Waals surface area contributed by atoms with Gasteiger partial charge in [0.15, 0.2) is 11.6 Å². The molecule has 2 amide bonds. The largest absolute Gasteiger partial charge is 0.481 e. The molecule has 0 saturated carbocycles. The maximum absolute atomic E-state index is 15.5. The monoisotopic (exact) mass is 540 g/mol. The van der Waals surface area contributed by atoms with Crippen LogP contribution in [0.2, 0.25) is 5.02 Å². The maximum atomic E-state index is 15.5. The van der Waals surface area contributed by atoms with Gasteiger partial charge in [0, 0.05) is 49.2 Å². The first-order valence-electron chi connectivity index (χ1n) is 11.7. The van der Waals surface area contributed by atoms with Crippen molar-refractivity contribution in [1.29, 1.82) is 5.26 Å². The number of nitriles is 1. The smallest absolute Gasteiger partial charge is 0.334 e. The summed E-state index contributed by atoms with van der Waals surface area (Å²) < 4.78 is 31.1. The molecule has 1 aliphatic heterocycles. The fourth-order valence-electron chi connectivity index (χ4n) is 4.17. The zero-order chi connectivity index (χ0) is 27.4. The van der Waals surface area contributed by atoms with Gasteiger partial charge in [0.25, 0.3) is 0 Å². The summed E-state index contributed by atoms with van der Waals surface area (Å²) in [6.07, 6.45) is 1.34. The number of aromatic nitrogens is 1. The van der Waals surface area contributed by atoms with Crippen molar-refractivity contribution in [1.82, 2.24) is 10.3 Å². The quantitative estimate of drug-likeness (QED) is 0.322. The van der Waals surface area contributed by atoms with Gasteiger partial charge >= 0.3 is 12.0 Å². The summed E-state index contributed by atoms with van der Waals surface area (Å²) in [6, 6.07) is 9.52. The Morgan fingerprint density at radius 1 is 1.13 bits per heavy atom. The second kappa shape index (κ2) is 11.4. The molecule has 1 aliphatic rings. The van der Waals surface area contributed by atoms with Gasteiger partial charge < -0.3 is 15.7 Å². The van der Waals surface area contributed by atoms with Crippen LogP contribution in [0.4, 0.5) is 36.5 Å². The molecule has 0 unspecified atom stereocenters. The highest BCUT2D eigenvalue weighted by molar-refractivity contribution is 6.31. The SMILES string of the molecule is CCN1C(=O)N(c2c(F)cc(NCCNCCC(=O)O)cc2F)c2cc(C#N)ccc2-c2cc(Cl)cnc21. The molecule has 3 N–H and O–H groups in total. The molecule has 0 saturated heterocycles. The van der Waals surface area contributed by atoms with Crippen LogP contribution in [0, 0.1) is 23.0 Å². The Labute approximate surface area is 222 Å². The Morgan fingerprint density at radius 2 is 1.87 bits per heavy atom. The Balaban J connectivity index is 1.75. The second-order valence-corrected chi connectivity index (χ2v) is 8.78. The summed E-state index contributed by atoms with van der Waals surface area (Å²) in [7, 11) is 0. The van der Waals surface area contributed by atoms with E-state index in [1.165, 1.54) is 23.2 Å². The van der Waals surface area contributed by atoms with Gasteiger partial charge in [-0.15, -0.1) is 0 Å². The maximum Gasteiger partial charge on any atom is 0.334 e. The highest BCUT2D eigenvalue weighted by atomic mass is 35.5. The van der Waals surface area contributed by atoms with E-state index in [0.29, 0.717) is 22.7 Å². The molecule has 0 aliphatic carbocycles. The van der Waals surface area contributed by atoms with E-state index in [1.807, 2.05) is 6.07 Å². The van der Waals surface area contributed by atoms with E-state index in [1.54, 1.807) is 19.1 Å². The van der Waals surface area contributed by atoms with Gasteiger partial charge in [-0.1, -0.05) is 17.7 Å². The van der Waals surface area contributed by atoms with E-state index in [2.05, 4.69) is 15.6 Å². The van der Waals surface area contributed by atoms with Crippen molar-refractivity contribution >= 4 is 46.5 Å². The lowest BCUT2D eigenvalue weighted by Gasteiger charge is -2.28. The molecular formula is C26H23ClF2N6O3. The van der Waals surface area contributed by atoms with Crippen LogP contribution in [0.15, 0.2) is 42.6 Å². The zero-order valence-electron chi connectivity index (χ0n) is 20.3. The van der Waals surface area contributed by atoms with Gasteiger partial charge in [0.1, 0.15) is 11.5 Å². The lowest BCUT2D eigenvalue weighted by molar-refractivity contribution is -0.136. The third-order valence-electron chi connectivity index (χ3n) is 5.87. The lowest BCUT2D eigenvalue weighted by atomic mass is 10.0. The number of halogens is 3. The number of nitrogens with zero attached hydrogens (tertiary/aromatic N) is 4. The number of benzene rings is 2. The number of rotatable bonds is 9. The number of urea groups is 1. The van der Waals surface area contributed by atoms with Gasteiger partial charge in [-0.3, -0.25) is 14.6 Å². The van der Waals surface area contributed by atoms with Crippen molar-refractivity contribution in [3.8, 4) is 17.2 Å². The summed E-state index contributed by atoms with van der Waals surface area (Å²) in [6.45, 7) is 2.76. The van der Waals surface area contributed by atoms with Gasteiger partial charge in [-0.2, -0.15) is 5.26 Å². The lowest BCUT2D eigenvalue weighted by Crippen LogP contribution is -2.41. The number of anilines is 4. The van der Waals surface area contributed by atoms with E-state index in [4.69, 9.17) is 16.7 Å². The van der Waals surface area contributed by atoms with Crippen molar-refractivity contribution in [2.75, 3.05) is 41.3 Å². The van der Waals surface area contributed by atoms with E-state index in [9.17, 15) is 14.9 Å². The molecule has 38 heavy (non-hydrogen) atoms. The van der Waals surface area contributed by atoms with Crippen molar-refractivity contribution in [3.05, 3.63) is 64.8 Å². The number of nitrogens with one attached hydrogen (secondary N) is 2. The van der Waals surface area contributed by atoms with Crippen LogP contribution >= 0.6 is 11.6 Å². The van der Waals surface area contributed by atoms with E-state index in [0.717, 1.165) is 17.0 Å². The molecule has 0 fully saturated rings. The first kappa shape index (κ1) is 26.8. The Bertz CT molecular complexity index is 1420. The van der Waals surface area contributed by atoms with Gasteiger partial charge in [0.05, 0.1) is 28.8 Å². The Morgan fingerprint density at radius 3 is 2.53 bits per heavy atom. The van der Waals surface area contributed by atoms with Crippen molar-refractivity contribution < 1.29 is 23.5 Å². The van der Waals surface area contributed by atoms with Crippen molar-refractivity contribution in [2.45, 2.75) is 13.3 Å². The molecule has 12 heteroatoms. The molecule has 0 radical (unpaired) electrons. The van der Waals surface area contributed by atoms with E-state index in [-0.39, 0.29) is 48.8 Å². The average Bonchev–Trinajstić information content (AvgIpc) is 2.97. The number of pyridine rings is 1. The predicted octanol–water partition coefficient (Wildman–Crippen LogP) is 5.13. The zero-order valence-corrected chi connectivity index (χ0v) is 21.0. The number of carbonyl (C=O) groups excluding carboxylic acids is 1. The van der Waals surface area contributed by atoms with Crippen molar-refractivity contribution in [3.63, 3.8) is 0 Å². The summed E-state index contributed by atoms with van der Waals surface area (Å²) in [4.78, 5) is 30.9. The molecule has 3 aromatic rings. The summed E-state index contributed by atoms with van der Waals surface area (Å²) in [5, 5.41) is 24.2. The van der Waals surface area contributed by atoms with E-state index < -0.39 is 29.3 Å². The highest BCUT2D eigenvalue weighted by Gasteiger charge is 2.36. The number of hydrogen-bond acceptors (Lipinski definition) is 6. The molecule has 2 heterocycles. The molecular weight excluding hydrogens is 518 g/mol. The number of aliphatic carboxylic acids is 1. The minimum absolute atomic E-state index is 0.0445. The van der Waals surface area contributed by atoms with Crippen LogP contribution < -0.4 is 20.4 Å². The van der Waals surface area contributed by atoms with Crippen LogP contribution in [-0.4, -0.2) is 48.3 Å². The predicted molar refractivity (Wildman–Crippen MR) is 140 cm³/mol. The fourth-order valence-corrected chi connectivity index (χ4v) is 4.33. The molecule has 196 valence electrons. The molecule has 1 aromatic heterocycles. The highest BCUT2D eigenvalue weighted by Crippen LogP contribution is 2.45.